The van der Waals surface area contributed by atoms with Crippen LogP contribution < -0.4 is 64.4 Å². The third-order valence-corrected chi connectivity index (χ3v) is 0.0393. The fourth-order valence-electron chi connectivity index (χ4n) is 0. The summed E-state index contributed by atoms with van der Waals surface area (Å²) in [6, 6.07) is 0. The monoisotopic (exact) mass is 168 g/mol. The second-order valence-electron chi connectivity index (χ2n) is 0.276. The molecule has 0 aromatic rings. The molecule has 1 N–H and O–H groups in total. The Morgan fingerprint density at radius 2 is 1.40 bits per heavy atom. The maximum atomic E-state index is 8.64. The van der Waals surface area contributed by atoms with Crippen molar-refractivity contribution in [2.45, 2.75) is 0 Å². The van der Waals surface area contributed by atoms with Gasteiger partial charge in [-0.15, -0.1) is 0 Å². The second-order valence-corrected chi connectivity index (χ2v) is 0.276. The van der Waals surface area contributed by atoms with Crippen molar-refractivity contribution in [2.75, 3.05) is 0 Å². The molecule has 0 unspecified atom stereocenters. The Kier molecular flexibility index (Phi) is 163. The summed E-state index contributed by atoms with van der Waals surface area (Å²) in [5, 5.41) is 8.43. The molecule has 8 heteroatoms. The normalized spacial score (nSPS) is 2.90. The van der Waals surface area contributed by atoms with E-state index in [1.807, 2.05) is 0 Å². The van der Waals surface area contributed by atoms with E-state index in [0.29, 0.717) is 0 Å². The Balaban J connectivity index is -0.0000000131. The van der Waals surface area contributed by atoms with Gasteiger partial charge in [-0.25, -0.2) is 0 Å². The zero-order valence-corrected chi connectivity index (χ0v) is 9.57. The maximum absolute atomic E-state index is 8.64. The molecule has 0 aliphatic carbocycles. The van der Waals surface area contributed by atoms with Crippen LogP contribution in [0.3, 0.4) is 0 Å². The Bertz CT molecular complexity index is 68.1. The molecule has 0 amide bonds. The first-order chi connectivity index (χ1) is 3.33. The summed E-state index contributed by atoms with van der Waals surface area (Å²) in [6.07, 6.45) is 0.250. The van der Waals surface area contributed by atoms with Crippen molar-refractivity contribution in [2.24, 2.45) is 0 Å². The average molecular weight is 168 g/mol. The largest absolute Gasteiger partial charge is 1.00 e. The van der Waals surface area contributed by atoms with Crippen LogP contribution in [0.1, 0.15) is 0 Å². The minimum atomic E-state index is -0.181. The molecule has 0 saturated heterocycles. The van der Waals surface area contributed by atoms with Gasteiger partial charge >= 0.3 is 65.3 Å². The molecule has 0 spiro atoms. The summed E-state index contributed by atoms with van der Waals surface area (Å²) in [5.41, 5.74) is 0. The molecule has 6 nitrogen and oxygen atoms in total. The Labute approximate surface area is 101 Å². The van der Waals surface area contributed by atoms with Crippen LogP contribution in [0.5, 0.6) is 0 Å². The van der Waals surface area contributed by atoms with Crippen molar-refractivity contribution in [1.29, 1.82) is 0 Å². The van der Waals surface area contributed by atoms with Gasteiger partial charge in [-0.1, -0.05) is 0 Å². The van der Waals surface area contributed by atoms with E-state index in [9.17, 15) is 0 Å². The minimum absolute atomic E-state index is 0. The molecule has 48 valence electrons. The SMILES string of the molecule is O=C=O.O=CO[O-].[Na+].[Na+].[OH-]. The third-order valence-electron chi connectivity index (χ3n) is 0.0393. The van der Waals surface area contributed by atoms with Gasteiger partial charge < -0.3 is 15.6 Å². The molecule has 0 saturated carbocycles. The third kappa shape index (κ3) is 169. The van der Waals surface area contributed by atoms with E-state index < -0.39 is 0 Å². The number of hydrogen-bond acceptors (Lipinski definition) is 6. The van der Waals surface area contributed by atoms with Gasteiger partial charge in [-0.05, 0) is 0 Å². The minimum Gasteiger partial charge on any atom is -0.870 e. The van der Waals surface area contributed by atoms with Crippen LogP contribution in [-0.4, -0.2) is 18.1 Å². The summed E-state index contributed by atoms with van der Waals surface area (Å²) in [4.78, 5) is 27.5. The van der Waals surface area contributed by atoms with Crippen LogP contribution in [0.15, 0.2) is 0 Å². The molecule has 0 atom stereocenters. The van der Waals surface area contributed by atoms with Gasteiger partial charge in [0.25, 0.3) is 6.47 Å². The van der Waals surface area contributed by atoms with Crippen LogP contribution >= 0.6 is 0 Å². The first-order valence-corrected chi connectivity index (χ1v) is 1.05. The van der Waals surface area contributed by atoms with Crippen LogP contribution in [0.2, 0.25) is 0 Å². The van der Waals surface area contributed by atoms with Gasteiger partial charge in [-0.3, -0.25) is 4.79 Å². The summed E-state index contributed by atoms with van der Waals surface area (Å²) in [7, 11) is 0. The fourth-order valence-corrected chi connectivity index (χ4v) is 0. The molecule has 0 aromatic carbocycles. The van der Waals surface area contributed by atoms with Gasteiger partial charge in [0.05, 0.1) is 0 Å². The molecular formula is C2H2Na2O6. The standard InChI is InChI=1S/CH2O3.CO2.2Na.H2O/c2-1-4-3;2-1-3;;;/h1,3H;;;;1H2/q;;2*+1;/p-2. The number of carbonyl (C=O) groups is 1. The average Bonchev–Trinajstić information content (AvgIpc) is 1.69. The predicted octanol–water partition coefficient (Wildman–Crippen LogP) is -8.32. The molecule has 0 aliphatic heterocycles. The van der Waals surface area contributed by atoms with Crippen molar-refractivity contribution >= 4 is 12.6 Å². The molecule has 0 fully saturated rings. The zero-order valence-electron chi connectivity index (χ0n) is 5.57. The van der Waals surface area contributed by atoms with E-state index in [1.54, 1.807) is 0 Å². The quantitative estimate of drug-likeness (QED) is 0.166. The first-order valence-electron chi connectivity index (χ1n) is 1.05. The summed E-state index contributed by atoms with van der Waals surface area (Å²) in [5.74, 6) is 0. The summed E-state index contributed by atoms with van der Waals surface area (Å²) in [6.45, 7) is -0.181. The van der Waals surface area contributed by atoms with E-state index in [2.05, 4.69) is 4.89 Å². The molecule has 0 heterocycles. The fraction of sp³-hybridized carbons (Fsp3) is 0. The van der Waals surface area contributed by atoms with Crippen molar-refractivity contribution in [3.63, 3.8) is 0 Å². The van der Waals surface area contributed by atoms with E-state index in [0.717, 1.165) is 0 Å². The van der Waals surface area contributed by atoms with Crippen molar-refractivity contribution < 1.29 is 89.1 Å². The van der Waals surface area contributed by atoms with E-state index in [4.69, 9.17) is 19.6 Å². The molecule has 0 bridgehead atoms. The maximum Gasteiger partial charge on any atom is 1.00 e. The zero-order chi connectivity index (χ0) is 6.12. The van der Waals surface area contributed by atoms with Crippen molar-refractivity contribution in [3.05, 3.63) is 0 Å². The number of hydrogen-bond donors (Lipinski definition) is 0. The van der Waals surface area contributed by atoms with Crippen molar-refractivity contribution in [1.82, 2.24) is 0 Å². The van der Waals surface area contributed by atoms with E-state index in [1.165, 1.54) is 0 Å². The smallest absolute Gasteiger partial charge is 0.870 e. The van der Waals surface area contributed by atoms with E-state index >= 15 is 0 Å². The second kappa shape index (κ2) is 52.9. The molecule has 0 rings (SSSR count). The van der Waals surface area contributed by atoms with Gasteiger partial charge in [0.2, 0.25) is 0 Å². The number of carbonyl (C=O) groups excluding carboxylic acids is 3. The Morgan fingerprint density at radius 1 is 1.30 bits per heavy atom. The molecular weight excluding hydrogens is 166 g/mol. The molecule has 0 radical (unpaired) electrons. The van der Waals surface area contributed by atoms with Gasteiger partial charge in [0.15, 0.2) is 0 Å². The van der Waals surface area contributed by atoms with Crippen molar-refractivity contribution in [3.8, 4) is 0 Å². The van der Waals surface area contributed by atoms with Gasteiger partial charge in [0, 0.05) is 0 Å². The van der Waals surface area contributed by atoms with Crippen LogP contribution in [-0.2, 0) is 19.3 Å². The first kappa shape index (κ1) is 30.9. The Morgan fingerprint density at radius 3 is 1.40 bits per heavy atom. The van der Waals surface area contributed by atoms with E-state index in [-0.39, 0.29) is 77.2 Å². The topological polar surface area (TPSA) is 114 Å². The molecule has 10 heavy (non-hydrogen) atoms. The van der Waals surface area contributed by atoms with Gasteiger partial charge in [-0.2, -0.15) is 9.59 Å². The predicted molar refractivity (Wildman–Crippen MR) is 14.1 cm³/mol. The van der Waals surface area contributed by atoms with Crippen LogP contribution in [0, 0.1) is 0 Å². The molecule has 0 aliphatic rings. The van der Waals surface area contributed by atoms with Gasteiger partial charge in [0.1, 0.15) is 0 Å². The summed E-state index contributed by atoms with van der Waals surface area (Å²) >= 11 is 0. The van der Waals surface area contributed by atoms with Crippen LogP contribution in [0.25, 0.3) is 0 Å². The Hall–Kier alpha value is 0.770. The summed E-state index contributed by atoms with van der Waals surface area (Å²) < 4.78 is 0. The molecule has 0 aromatic heterocycles. The number of rotatable bonds is 1. The van der Waals surface area contributed by atoms with Crippen LogP contribution in [0.4, 0.5) is 0 Å².